The van der Waals surface area contributed by atoms with Crippen LogP contribution >= 0.6 is 0 Å². The summed E-state index contributed by atoms with van der Waals surface area (Å²) < 4.78 is 25.5. The highest BCUT2D eigenvalue weighted by Gasteiger charge is 2.37. The van der Waals surface area contributed by atoms with E-state index in [4.69, 9.17) is 5.11 Å². The molecule has 1 aromatic rings. The van der Waals surface area contributed by atoms with Crippen LogP contribution in [0.2, 0.25) is 0 Å². The highest BCUT2D eigenvalue weighted by molar-refractivity contribution is 7.90. The molecule has 1 aromatic carbocycles. The minimum Gasteiger partial charge on any atom is -0.480 e. The number of benzene rings is 1. The number of aliphatic carboxylic acids is 1. The molecule has 0 saturated carbocycles. The van der Waals surface area contributed by atoms with Gasteiger partial charge in [-0.2, -0.15) is 0 Å². The molecule has 3 N–H and O–H groups in total. The Morgan fingerprint density at radius 1 is 1.35 bits per heavy atom. The molecule has 1 aliphatic rings. The van der Waals surface area contributed by atoms with Crippen LogP contribution in [-0.4, -0.2) is 37.3 Å². The Balaban J connectivity index is 2.15. The third kappa shape index (κ3) is 4.07. The van der Waals surface area contributed by atoms with Gasteiger partial charge in [0.1, 0.15) is 11.3 Å². The Labute approximate surface area is 132 Å². The van der Waals surface area contributed by atoms with Gasteiger partial charge in [0.25, 0.3) is 0 Å². The predicted octanol–water partition coefficient (Wildman–Crippen LogP) is -0.291. The molecule has 2 rings (SSSR count). The molecule has 0 spiro atoms. The van der Waals surface area contributed by atoms with E-state index in [9.17, 15) is 22.8 Å². The quantitative estimate of drug-likeness (QED) is 0.675. The zero-order valence-electron chi connectivity index (χ0n) is 12.3. The van der Waals surface area contributed by atoms with Crippen molar-refractivity contribution in [2.75, 3.05) is 0 Å². The van der Waals surface area contributed by atoms with E-state index in [-0.39, 0.29) is 12.8 Å². The molecule has 23 heavy (non-hydrogen) atoms. The van der Waals surface area contributed by atoms with Gasteiger partial charge in [0.05, 0.1) is 6.42 Å². The molecular formula is C14H16N2O6S. The van der Waals surface area contributed by atoms with Gasteiger partial charge >= 0.3 is 5.97 Å². The fourth-order valence-corrected chi connectivity index (χ4v) is 3.83. The fourth-order valence-electron chi connectivity index (χ4n) is 2.40. The molecule has 1 heterocycles. The largest absolute Gasteiger partial charge is 0.480 e. The standard InChI is InChI=1S/C14H16N2O6S/c1-8(17)15-11(14(19)20)6-9-2-4-10(5-3-9)12-7-13(18)16-23(12,21)22/h2-5,11-12H,6-7H2,1H3,(H,15,17)(H,16,18)(H,19,20)/t11-,12?/m0/s1. The van der Waals surface area contributed by atoms with E-state index in [0.717, 1.165) is 0 Å². The number of rotatable bonds is 5. The van der Waals surface area contributed by atoms with Crippen molar-refractivity contribution in [2.45, 2.75) is 31.1 Å². The first-order valence-electron chi connectivity index (χ1n) is 6.82. The second-order valence-corrected chi connectivity index (χ2v) is 7.16. The number of nitrogens with one attached hydrogen (secondary N) is 2. The maximum atomic E-state index is 11.8. The minimum absolute atomic E-state index is 0.0732. The smallest absolute Gasteiger partial charge is 0.326 e. The molecule has 0 radical (unpaired) electrons. The van der Waals surface area contributed by atoms with E-state index >= 15 is 0 Å². The Morgan fingerprint density at radius 2 is 1.96 bits per heavy atom. The molecule has 1 saturated heterocycles. The van der Waals surface area contributed by atoms with Crippen LogP contribution in [0.4, 0.5) is 0 Å². The summed E-state index contributed by atoms with van der Waals surface area (Å²) in [5, 5.41) is 10.5. The molecule has 2 amide bonds. The van der Waals surface area contributed by atoms with Crippen LogP contribution in [-0.2, 0) is 30.8 Å². The number of hydrogen-bond acceptors (Lipinski definition) is 5. The first-order chi connectivity index (χ1) is 10.7. The number of carbonyl (C=O) groups excluding carboxylic acids is 2. The Bertz CT molecular complexity index is 741. The maximum absolute atomic E-state index is 11.8. The van der Waals surface area contributed by atoms with Crippen LogP contribution in [0.1, 0.15) is 29.7 Å². The first-order valence-corrected chi connectivity index (χ1v) is 8.37. The zero-order chi connectivity index (χ0) is 17.2. The lowest BCUT2D eigenvalue weighted by atomic mass is 10.0. The van der Waals surface area contributed by atoms with Gasteiger partial charge in [-0.05, 0) is 11.1 Å². The molecule has 1 unspecified atom stereocenters. The normalized spacial score (nSPS) is 20.6. The monoisotopic (exact) mass is 340 g/mol. The van der Waals surface area contributed by atoms with Crippen LogP contribution in [0, 0.1) is 0 Å². The van der Waals surface area contributed by atoms with Crippen LogP contribution in [0.25, 0.3) is 0 Å². The van der Waals surface area contributed by atoms with Crippen molar-refractivity contribution in [3.63, 3.8) is 0 Å². The van der Waals surface area contributed by atoms with E-state index in [2.05, 4.69) is 5.32 Å². The van der Waals surface area contributed by atoms with E-state index < -0.39 is 39.1 Å². The van der Waals surface area contributed by atoms with Crippen molar-refractivity contribution in [1.82, 2.24) is 10.0 Å². The second-order valence-electron chi connectivity index (χ2n) is 5.30. The van der Waals surface area contributed by atoms with Crippen molar-refractivity contribution >= 4 is 27.8 Å². The average Bonchev–Trinajstić information content (AvgIpc) is 2.71. The SMILES string of the molecule is CC(=O)N[C@@H](Cc1ccc(C2CC(=O)NS2(=O)=O)cc1)C(=O)O. The Hall–Kier alpha value is -2.42. The van der Waals surface area contributed by atoms with Crippen molar-refractivity contribution in [2.24, 2.45) is 0 Å². The average molecular weight is 340 g/mol. The third-order valence-corrected chi connectivity index (χ3v) is 5.17. The van der Waals surface area contributed by atoms with Gasteiger partial charge in [-0.3, -0.25) is 14.3 Å². The topological polar surface area (TPSA) is 130 Å². The molecule has 2 atom stereocenters. The summed E-state index contributed by atoms with van der Waals surface area (Å²) in [6.45, 7) is 1.23. The van der Waals surface area contributed by atoms with E-state index in [1.54, 1.807) is 24.3 Å². The highest BCUT2D eigenvalue weighted by Crippen LogP contribution is 2.30. The van der Waals surface area contributed by atoms with Crippen LogP contribution in [0.15, 0.2) is 24.3 Å². The molecule has 0 aliphatic carbocycles. The van der Waals surface area contributed by atoms with Gasteiger partial charge in [0.2, 0.25) is 21.8 Å². The predicted molar refractivity (Wildman–Crippen MR) is 79.8 cm³/mol. The molecular weight excluding hydrogens is 324 g/mol. The Kier molecular flexibility index (Phi) is 4.69. The summed E-state index contributed by atoms with van der Waals surface area (Å²) in [6, 6.07) is 5.21. The lowest BCUT2D eigenvalue weighted by molar-refractivity contribution is -0.141. The lowest BCUT2D eigenvalue weighted by Gasteiger charge is -2.14. The lowest BCUT2D eigenvalue weighted by Crippen LogP contribution is -2.41. The number of carbonyl (C=O) groups is 3. The minimum atomic E-state index is -3.71. The van der Waals surface area contributed by atoms with Gasteiger partial charge < -0.3 is 10.4 Å². The highest BCUT2D eigenvalue weighted by atomic mass is 32.2. The summed E-state index contributed by atoms with van der Waals surface area (Å²) in [5.41, 5.74) is 1.09. The molecule has 0 aromatic heterocycles. The van der Waals surface area contributed by atoms with Gasteiger partial charge in [0, 0.05) is 13.3 Å². The number of sulfonamides is 1. The molecule has 1 fully saturated rings. The van der Waals surface area contributed by atoms with Crippen molar-refractivity contribution in [3.05, 3.63) is 35.4 Å². The van der Waals surface area contributed by atoms with E-state index in [1.165, 1.54) is 6.92 Å². The van der Waals surface area contributed by atoms with Gasteiger partial charge in [-0.15, -0.1) is 0 Å². The van der Waals surface area contributed by atoms with Crippen LogP contribution < -0.4 is 10.0 Å². The van der Waals surface area contributed by atoms with Gasteiger partial charge in [-0.1, -0.05) is 24.3 Å². The first kappa shape index (κ1) is 16.9. The molecule has 1 aliphatic heterocycles. The van der Waals surface area contributed by atoms with Crippen molar-refractivity contribution in [3.8, 4) is 0 Å². The van der Waals surface area contributed by atoms with Crippen molar-refractivity contribution < 1.29 is 27.9 Å². The van der Waals surface area contributed by atoms with Gasteiger partial charge in [-0.25, -0.2) is 13.2 Å². The maximum Gasteiger partial charge on any atom is 0.326 e. The Morgan fingerprint density at radius 3 is 2.39 bits per heavy atom. The summed E-state index contributed by atoms with van der Waals surface area (Å²) in [7, 11) is -3.71. The van der Waals surface area contributed by atoms with E-state index in [1.807, 2.05) is 4.72 Å². The van der Waals surface area contributed by atoms with Crippen molar-refractivity contribution in [1.29, 1.82) is 0 Å². The van der Waals surface area contributed by atoms with Gasteiger partial charge in [0.15, 0.2) is 0 Å². The number of carboxylic acids is 1. The second kappa shape index (κ2) is 6.37. The molecule has 8 nitrogen and oxygen atoms in total. The third-order valence-electron chi connectivity index (χ3n) is 3.47. The number of hydrogen-bond donors (Lipinski definition) is 3. The molecule has 124 valence electrons. The number of carboxylic acid groups (broad SMARTS) is 1. The van der Waals surface area contributed by atoms with Crippen LogP contribution in [0.3, 0.4) is 0 Å². The summed E-state index contributed by atoms with van der Waals surface area (Å²) in [6.07, 6.45) is -0.0604. The fraction of sp³-hybridized carbons (Fsp3) is 0.357. The molecule has 9 heteroatoms. The summed E-state index contributed by atoms with van der Waals surface area (Å²) >= 11 is 0. The molecule has 0 bridgehead atoms. The zero-order valence-corrected chi connectivity index (χ0v) is 13.1. The van der Waals surface area contributed by atoms with E-state index in [0.29, 0.717) is 11.1 Å². The summed E-state index contributed by atoms with van der Waals surface area (Å²) in [5.74, 6) is -2.15. The number of amides is 2. The van der Waals surface area contributed by atoms with Crippen LogP contribution in [0.5, 0.6) is 0 Å². The summed E-state index contributed by atoms with van der Waals surface area (Å²) in [4.78, 5) is 33.3.